The Morgan fingerprint density at radius 1 is 1.18 bits per heavy atom. The number of rotatable bonds is 3. The third-order valence-corrected chi connectivity index (χ3v) is 4.59. The van der Waals surface area contributed by atoms with Crippen LogP contribution in [0.1, 0.15) is 44.7 Å². The number of benzene rings is 1. The lowest BCUT2D eigenvalue weighted by atomic mass is 9.92. The van der Waals surface area contributed by atoms with Gasteiger partial charge in [-0.05, 0) is 25.3 Å². The third kappa shape index (κ3) is 4.33. The number of aryl methyl sites for hydroxylation is 1. The van der Waals surface area contributed by atoms with E-state index in [-0.39, 0.29) is 11.3 Å². The van der Waals surface area contributed by atoms with Crippen molar-refractivity contribution >= 4 is 5.91 Å². The van der Waals surface area contributed by atoms with Crippen LogP contribution < -0.4 is 0 Å². The van der Waals surface area contributed by atoms with E-state index in [0.29, 0.717) is 6.04 Å². The van der Waals surface area contributed by atoms with Gasteiger partial charge in [0.25, 0.3) is 0 Å². The summed E-state index contributed by atoms with van der Waals surface area (Å²) in [5, 5.41) is 0. The smallest absolute Gasteiger partial charge is 0.227 e. The summed E-state index contributed by atoms with van der Waals surface area (Å²) in [6.07, 6.45) is 2.15. The van der Waals surface area contributed by atoms with Crippen molar-refractivity contribution in [1.29, 1.82) is 0 Å². The first-order chi connectivity index (χ1) is 10.3. The van der Waals surface area contributed by atoms with Gasteiger partial charge in [-0.2, -0.15) is 0 Å². The van der Waals surface area contributed by atoms with Crippen LogP contribution in [0.15, 0.2) is 24.3 Å². The Kier molecular flexibility index (Phi) is 5.28. The molecule has 1 heterocycles. The zero-order chi connectivity index (χ0) is 16.3. The van der Waals surface area contributed by atoms with E-state index < -0.39 is 0 Å². The van der Waals surface area contributed by atoms with E-state index in [1.165, 1.54) is 11.1 Å². The largest absolute Gasteiger partial charge is 0.342 e. The highest BCUT2D eigenvalue weighted by molar-refractivity contribution is 5.81. The normalized spacial score (nSPS) is 17.5. The van der Waals surface area contributed by atoms with E-state index in [4.69, 9.17) is 0 Å². The zero-order valence-electron chi connectivity index (χ0n) is 14.7. The molecule has 0 bridgehead atoms. The predicted octanol–water partition coefficient (Wildman–Crippen LogP) is 3.46. The van der Waals surface area contributed by atoms with E-state index in [1.54, 1.807) is 0 Å². The van der Waals surface area contributed by atoms with Crippen molar-refractivity contribution in [3.05, 3.63) is 35.4 Å². The highest BCUT2D eigenvalue weighted by atomic mass is 16.2. The Balaban J connectivity index is 1.85. The maximum atomic E-state index is 12.4. The van der Waals surface area contributed by atoms with Crippen LogP contribution in [0.5, 0.6) is 0 Å². The summed E-state index contributed by atoms with van der Waals surface area (Å²) >= 11 is 0. The molecule has 0 spiro atoms. The molecule has 3 heteroatoms. The molecule has 0 unspecified atom stereocenters. The van der Waals surface area contributed by atoms with Gasteiger partial charge in [0.05, 0.1) is 0 Å². The summed E-state index contributed by atoms with van der Waals surface area (Å²) in [6, 6.07) is 9.18. The van der Waals surface area contributed by atoms with Crippen molar-refractivity contribution in [2.45, 2.75) is 53.1 Å². The van der Waals surface area contributed by atoms with E-state index in [9.17, 15) is 4.79 Å². The summed E-state index contributed by atoms with van der Waals surface area (Å²) in [6.45, 7) is 11.3. The fourth-order valence-corrected chi connectivity index (χ4v) is 3.11. The Morgan fingerprint density at radius 2 is 1.73 bits per heavy atom. The van der Waals surface area contributed by atoms with Gasteiger partial charge in [-0.3, -0.25) is 9.69 Å². The third-order valence-electron chi connectivity index (χ3n) is 4.59. The molecule has 1 aromatic carbocycles. The fourth-order valence-electron chi connectivity index (χ4n) is 3.11. The minimum Gasteiger partial charge on any atom is -0.342 e. The summed E-state index contributed by atoms with van der Waals surface area (Å²) in [4.78, 5) is 16.9. The molecule has 2 rings (SSSR count). The van der Waals surface area contributed by atoms with Crippen LogP contribution in [-0.4, -0.2) is 41.9 Å². The standard InChI is InChI=1S/C19H30N2O/c1-15-6-8-16(9-7-15)14-21-12-10-17(11-13-21)20(5)18(22)19(2,3)4/h6-9,17H,10-14H2,1-5H3. The van der Waals surface area contributed by atoms with Crippen molar-refractivity contribution in [1.82, 2.24) is 9.80 Å². The molecule has 1 aromatic rings. The molecule has 22 heavy (non-hydrogen) atoms. The first-order valence-electron chi connectivity index (χ1n) is 8.32. The van der Waals surface area contributed by atoms with E-state index in [2.05, 4.69) is 36.1 Å². The highest BCUT2D eigenvalue weighted by Crippen LogP contribution is 2.23. The fraction of sp³-hybridized carbons (Fsp3) is 0.632. The Morgan fingerprint density at radius 3 is 2.23 bits per heavy atom. The van der Waals surface area contributed by atoms with Crippen LogP contribution in [0, 0.1) is 12.3 Å². The number of hydrogen-bond donors (Lipinski definition) is 0. The van der Waals surface area contributed by atoms with Crippen molar-refractivity contribution in [3.8, 4) is 0 Å². The second-order valence-corrected chi connectivity index (χ2v) is 7.66. The number of nitrogens with zero attached hydrogens (tertiary/aromatic N) is 2. The van der Waals surface area contributed by atoms with Crippen LogP contribution in [0.4, 0.5) is 0 Å². The lowest BCUT2D eigenvalue weighted by Crippen LogP contribution is -2.48. The quantitative estimate of drug-likeness (QED) is 0.853. The predicted molar refractivity (Wildman–Crippen MR) is 91.7 cm³/mol. The van der Waals surface area contributed by atoms with Crippen molar-refractivity contribution in [3.63, 3.8) is 0 Å². The molecule has 1 aliphatic heterocycles. The summed E-state index contributed by atoms with van der Waals surface area (Å²) in [7, 11) is 1.97. The molecule has 0 saturated carbocycles. The molecule has 1 saturated heterocycles. The number of likely N-dealkylation sites (tertiary alicyclic amines) is 1. The Hall–Kier alpha value is -1.35. The molecular formula is C19H30N2O. The van der Waals surface area contributed by atoms with Gasteiger partial charge in [-0.1, -0.05) is 50.6 Å². The molecule has 122 valence electrons. The minimum absolute atomic E-state index is 0.254. The minimum atomic E-state index is -0.284. The topological polar surface area (TPSA) is 23.6 Å². The number of carbonyl (C=O) groups is 1. The van der Waals surface area contributed by atoms with Gasteiger partial charge in [-0.15, -0.1) is 0 Å². The summed E-state index contributed by atoms with van der Waals surface area (Å²) < 4.78 is 0. The van der Waals surface area contributed by atoms with Gasteiger partial charge >= 0.3 is 0 Å². The van der Waals surface area contributed by atoms with Crippen molar-refractivity contribution < 1.29 is 4.79 Å². The van der Waals surface area contributed by atoms with E-state index in [1.807, 2.05) is 32.7 Å². The van der Waals surface area contributed by atoms with Crippen LogP contribution >= 0.6 is 0 Å². The first-order valence-corrected chi connectivity index (χ1v) is 8.32. The molecule has 0 atom stereocenters. The maximum Gasteiger partial charge on any atom is 0.227 e. The van der Waals surface area contributed by atoms with Crippen LogP contribution in [0.3, 0.4) is 0 Å². The number of piperidine rings is 1. The van der Waals surface area contributed by atoms with Gasteiger partial charge in [-0.25, -0.2) is 0 Å². The summed E-state index contributed by atoms with van der Waals surface area (Å²) in [5.74, 6) is 0.254. The lowest BCUT2D eigenvalue weighted by molar-refractivity contribution is -0.141. The van der Waals surface area contributed by atoms with Gasteiger partial charge in [0.15, 0.2) is 0 Å². The van der Waals surface area contributed by atoms with Crippen LogP contribution in [0.2, 0.25) is 0 Å². The van der Waals surface area contributed by atoms with Crippen LogP contribution in [0.25, 0.3) is 0 Å². The molecule has 3 nitrogen and oxygen atoms in total. The molecule has 0 radical (unpaired) electrons. The number of hydrogen-bond acceptors (Lipinski definition) is 2. The molecule has 1 aliphatic rings. The molecule has 0 aliphatic carbocycles. The molecule has 0 aromatic heterocycles. The van der Waals surface area contributed by atoms with Crippen molar-refractivity contribution in [2.75, 3.05) is 20.1 Å². The second-order valence-electron chi connectivity index (χ2n) is 7.66. The first kappa shape index (κ1) is 17.0. The summed E-state index contributed by atoms with van der Waals surface area (Å²) in [5.41, 5.74) is 2.40. The van der Waals surface area contributed by atoms with Gasteiger partial charge in [0, 0.05) is 38.1 Å². The van der Waals surface area contributed by atoms with Gasteiger partial charge < -0.3 is 4.90 Å². The monoisotopic (exact) mass is 302 g/mol. The van der Waals surface area contributed by atoms with E-state index in [0.717, 1.165) is 32.5 Å². The second kappa shape index (κ2) is 6.82. The molecule has 0 N–H and O–H groups in total. The van der Waals surface area contributed by atoms with Gasteiger partial charge in [0.2, 0.25) is 5.91 Å². The number of carbonyl (C=O) groups excluding carboxylic acids is 1. The Bertz CT molecular complexity index is 493. The van der Waals surface area contributed by atoms with Crippen LogP contribution in [-0.2, 0) is 11.3 Å². The average molecular weight is 302 g/mol. The highest BCUT2D eigenvalue weighted by Gasteiger charge is 2.31. The average Bonchev–Trinajstić information content (AvgIpc) is 2.48. The van der Waals surface area contributed by atoms with Crippen molar-refractivity contribution in [2.24, 2.45) is 5.41 Å². The lowest BCUT2D eigenvalue weighted by Gasteiger charge is -2.39. The SMILES string of the molecule is Cc1ccc(CN2CCC(N(C)C(=O)C(C)(C)C)CC2)cc1. The Labute approximate surface area is 135 Å². The van der Waals surface area contributed by atoms with E-state index >= 15 is 0 Å². The van der Waals surface area contributed by atoms with Gasteiger partial charge in [0.1, 0.15) is 0 Å². The zero-order valence-corrected chi connectivity index (χ0v) is 14.7. The molecule has 1 fully saturated rings. The molecule has 1 amide bonds. The number of amides is 1. The molecular weight excluding hydrogens is 272 g/mol. The maximum absolute atomic E-state index is 12.4.